The molecule has 0 spiro atoms. The van der Waals surface area contributed by atoms with Crippen LogP contribution < -0.4 is 0 Å². The Kier molecular flexibility index (Phi) is 3.57. The number of aromatic carboxylic acids is 1. The predicted octanol–water partition coefficient (Wildman–Crippen LogP) is 3.45. The molecule has 5 heteroatoms. The number of hydrogen-bond acceptors (Lipinski definition) is 2. The van der Waals surface area contributed by atoms with Gasteiger partial charge in [0.05, 0.1) is 5.69 Å². The highest BCUT2D eigenvalue weighted by Gasteiger charge is 2.17. The molecular weight excluding hydrogens is 310 g/mol. The fraction of sp³-hybridized carbons (Fsp3) is 0.143. The van der Waals surface area contributed by atoms with Gasteiger partial charge in [-0.15, -0.1) is 0 Å². The molecule has 1 N–H and O–H groups in total. The van der Waals surface area contributed by atoms with E-state index >= 15 is 0 Å². The van der Waals surface area contributed by atoms with E-state index in [1.54, 1.807) is 6.20 Å². The van der Waals surface area contributed by atoms with Gasteiger partial charge in [-0.1, -0.05) is 6.07 Å². The maximum atomic E-state index is 11.4. The molecule has 1 heterocycles. The van der Waals surface area contributed by atoms with Crippen molar-refractivity contribution in [2.45, 2.75) is 13.8 Å². The molecular formula is C14H12BrNO3. The van der Waals surface area contributed by atoms with E-state index < -0.39 is 5.97 Å². The van der Waals surface area contributed by atoms with Crippen LogP contribution in [0.1, 0.15) is 33.3 Å². The maximum Gasteiger partial charge on any atom is 0.352 e. The van der Waals surface area contributed by atoms with Crippen LogP contribution in [-0.4, -0.2) is 21.4 Å². The van der Waals surface area contributed by atoms with Crippen molar-refractivity contribution in [2.75, 3.05) is 0 Å². The summed E-state index contributed by atoms with van der Waals surface area (Å²) in [6.07, 6.45) is 1.55. The Morgan fingerprint density at radius 2 is 1.95 bits per heavy atom. The van der Waals surface area contributed by atoms with Gasteiger partial charge in [-0.2, -0.15) is 0 Å². The molecule has 2 rings (SSSR count). The Morgan fingerprint density at radius 3 is 2.53 bits per heavy atom. The summed E-state index contributed by atoms with van der Waals surface area (Å²) in [5.41, 5.74) is 2.15. The zero-order chi connectivity index (χ0) is 14.2. The van der Waals surface area contributed by atoms with Gasteiger partial charge in [0.25, 0.3) is 0 Å². The Labute approximate surface area is 118 Å². The molecule has 0 fully saturated rings. The third-order valence-corrected chi connectivity index (χ3v) is 3.48. The Morgan fingerprint density at radius 1 is 1.26 bits per heavy atom. The molecule has 0 radical (unpaired) electrons. The van der Waals surface area contributed by atoms with Crippen molar-refractivity contribution in [3.8, 4) is 5.69 Å². The fourth-order valence-electron chi connectivity index (χ4n) is 1.83. The zero-order valence-electron chi connectivity index (χ0n) is 10.5. The number of halogens is 1. The zero-order valence-corrected chi connectivity index (χ0v) is 12.1. The molecule has 19 heavy (non-hydrogen) atoms. The summed E-state index contributed by atoms with van der Waals surface area (Å²) >= 11 is 3.40. The third kappa shape index (κ3) is 2.61. The molecule has 0 aliphatic rings. The first-order chi connectivity index (χ1) is 8.90. The first-order valence-corrected chi connectivity index (χ1v) is 6.42. The summed E-state index contributed by atoms with van der Waals surface area (Å²) in [7, 11) is 0. The molecule has 0 atom stereocenters. The predicted molar refractivity (Wildman–Crippen MR) is 75.2 cm³/mol. The second-order valence-corrected chi connectivity index (χ2v) is 5.15. The van der Waals surface area contributed by atoms with E-state index in [4.69, 9.17) is 0 Å². The van der Waals surface area contributed by atoms with Crippen molar-refractivity contribution in [1.29, 1.82) is 0 Å². The van der Waals surface area contributed by atoms with Crippen molar-refractivity contribution < 1.29 is 14.7 Å². The van der Waals surface area contributed by atoms with Gasteiger partial charge >= 0.3 is 5.97 Å². The molecule has 4 nitrogen and oxygen atoms in total. The second-order valence-electron chi connectivity index (χ2n) is 4.30. The molecule has 1 aromatic heterocycles. The standard InChI is InChI=1S/C14H12BrNO3/c1-8-3-4-11(15)12(5-8)16-7-10(9(2)17)6-13(16)14(18)19/h3-7H,1-2H3,(H,18,19). The highest BCUT2D eigenvalue weighted by molar-refractivity contribution is 9.10. The van der Waals surface area contributed by atoms with Crippen LogP contribution in [0.2, 0.25) is 0 Å². The van der Waals surface area contributed by atoms with Crippen LogP contribution in [0.25, 0.3) is 5.69 Å². The number of hydrogen-bond donors (Lipinski definition) is 1. The lowest BCUT2D eigenvalue weighted by Gasteiger charge is -2.09. The molecule has 1 aromatic carbocycles. The van der Waals surface area contributed by atoms with Crippen molar-refractivity contribution in [2.24, 2.45) is 0 Å². The lowest BCUT2D eigenvalue weighted by atomic mass is 10.2. The van der Waals surface area contributed by atoms with Gasteiger partial charge in [0.2, 0.25) is 0 Å². The number of carboxylic acid groups (broad SMARTS) is 1. The van der Waals surface area contributed by atoms with Crippen LogP contribution in [0, 0.1) is 6.92 Å². The van der Waals surface area contributed by atoms with Crippen LogP contribution in [0.5, 0.6) is 0 Å². The molecule has 0 bridgehead atoms. The Hall–Kier alpha value is -1.88. The molecule has 2 aromatic rings. The summed E-state index contributed by atoms with van der Waals surface area (Å²) in [5.74, 6) is -1.23. The smallest absolute Gasteiger partial charge is 0.352 e. The van der Waals surface area contributed by atoms with E-state index in [2.05, 4.69) is 15.9 Å². The minimum absolute atomic E-state index is 0.0662. The van der Waals surface area contributed by atoms with Gasteiger partial charge in [0.1, 0.15) is 5.69 Å². The average molecular weight is 322 g/mol. The quantitative estimate of drug-likeness (QED) is 0.881. The van der Waals surface area contributed by atoms with Crippen molar-refractivity contribution in [1.82, 2.24) is 4.57 Å². The summed E-state index contributed by atoms with van der Waals surface area (Å²) in [5, 5.41) is 9.23. The van der Waals surface area contributed by atoms with Crippen LogP contribution in [-0.2, 0) is 0 Å². The van der Waals surface area contributed by atoms with E-state index in [9.17, 15) is 14.7 Å². The molecule has 0 amide bonds. The minimum Gasteiger partial charge on any atom is -0.477 e. The number of rotatable bonds is 3. The number of carbonyl (C=O) groups is 2. The number of aromatic nitrogens is 1. The summed E-state index contributed by atoms with van der Waals surface area (Å²) < 4.78 is 2.28. The van der Waals surface area contributed by atoms with Crippen molar-refractivity contribution in [3.63, 3.8) is 0 Å². The highest BCUT2D eigenvalue weighted by atomic mass is 79.9. The van der Waals surface area contributed by atoms with E-state index in [0.29, 0.717) is 11.3 Å². The van der Waals surface area contributed by atoms with Gasteiger partial charge in [-0.3, -0.25) is 4.79 Å². The average Bonchev–Trinajstić information content (AvgIpc) is 2.77. The van der Waals surface area contributed by atoms with Gasteiger partial charge in [-0.25, -0.2) is 4.79 Å². The topological polar surface area (TPSA) is 59.3 Å². The van der Waals surface area contributed by atoms with Crippen LogP contribution in [0.4, 0.5) is 0 Å². The lowest BCUT2D eigenvalue weighted by Crippen LogP contribution is -2.06. The van der Waals surface area contributed by atoms with E-state index in [1.807, 2.05) is 25.1 Å². The number of aryl methyl sites for hydroxylation is 1. The molecule has 0 saturated heterocycles. The molecule has 98 valence electrons. The summed E-state index contributed by atoms with van der Waals surface area (Å²) in [6.45, 7) is 3.34. The van der Waals surface area contributed by atoms with Gasteiger partial charge in [0.15, 0.2) is 5.78 Å². The number of nitrogens with zero attached hydrogens (tertiary/aromatic N) is 1. The fourth-order valence-corrected chi connectivity index (χ4v) is 2.26. The third-order valence-electron chi connectivity index (χ3n) is 2.81. The molecule has 0 saturated carbocycles. The second kappa shape index (κ2) is 5.01. The minimum atomic E-state index is -1.07. The van der Waals surface area contributed by atoms with Gasteiger partial charge in [0, 0.05) is 16.2 Å². The number of ketones is 1. The Balaban J connectivity index is 2.70. The largest absolute Gasteiger partial charge is 0.477 e. The molecule has 0 unspecified atom stereocenters. The highest BCUT2D eigenvalue weighted by Crippen LogP contribution is 2.25. The number of carboxylic acids is 1. The van der Waals surface area contributed by atoms with Crippen molar-refractivity contribution in [3.05, 3.63) is 51.8 Å². The van der Waals surface area contributed by atoms with Crippen LogP contribution >= 0.6 is 15.9 Å². The maximum absolute atomic E-state index is 11.4. The monoisotopic (exact) mass is 321 g/mol. The number of benzene rings is 1. The van der Waals surface area contributed by atoms with Gasteiger partial charge < -0.3 is 9.67 Å². The van der Waals surface area contributed by atoms with Crippen LogP contribution in [0.15, 0.2) is 34.9 Å². The summed E-state index contributed by atoms with van der Waals surface area (Å²) in [6, 6.07) is 7.02. The van der Waals surface area contributed by atoms with Gasteiger partial charge in [-0.05, 0) is 53.5 Å². The Bertz CT molecular complexity index is 673. The number of Topliss-reactive ketones (excluding diaryl/α,β-unsaturated/α-hetero) is 1. The first kappa shape index (κ1) is 13.5. The molecule has 0 aliphatic heterocycles. The lowest BCUT2D eigenvalue weighted by molar-refractivity contribution is 0.0688. The van der Waals surface area contributed by atoms with E-state index in [-0.39, 0.29) is 11.5 Å². The van der Waals surface area contributed by atoms with E-state index in [1.165, 1.54) is 17.6 Å². The summed E-state index contributed by atoms with van der Waals surface area (Å²) in [4.78, 5) is 22.7. The van der Waals surface area contributed by atoms with Crippen LogP contribution in [0.3, 0.4) is 0 Å². The normalized spacial score (nSPS) is 10.5. The number of carbonyl (C=O) groups excluding carboxylic acids is 1. The SMILES string of the molecule is CC(=O)c1cc(C(=O)O)n(-c2cc(C)ccc2Br)c1. The van der Waals surface area contributed by atoms with Crippen molar-refractivity contribution >= 4 is 27.7 Å². The molecule has 0 aliphatic carbocycles. The van der Waals surface area contributed by atoms with E-state index in [0.717, 1.165) is 10.0 Å². The first-order valence-electron chi connectivity index (χ1n) is 5.63.